The van der Waals surface area contributed by atoms with E-state index in [4.69, 9.17) is 0 Å². The molecule has 0 saturated carbocycles. The van der Waals surface area contributed by atoms with Crippen molar-refractivity contribution in [2.45, 2.75) is 44.6 Å². The summed E-state index contributed by atoms with van der Waals surface area (Å²) >= 11 is 0. The quantitative estimate of drug-likeness (QED) is 0.927. The zero-order valence-electron chi connectivity index (χ0n) is 15.2. The number of likely N-dealkylation sites (N-methyl/N-ethyl adjacent to an activating group) is 1. The number of fused-ring (bicyclic) bond motifs is 2. The molecule has 0 unspecified atom stereocenters. The molecule has 0 bridgehead atoms. The van der Waals surface area contributed by atoms with Gasteiger partial charge < -0.3 is 14.8 Å². The van der Waals surface area contributed by atoms with Gasteiger partial charge in [-0.05, 0) is 56.3 Å². The molecule has 1 aromatic heterocycles. The molecule has 2 aromatic rings. The Morgan fingerprint density at radius 3 is 2.96 bits per heavy atom. The molecule has 2 saturated heterocycles. The lowest BCUT2D eigenvalue weighted by molar-refractivity contribution is -0.130. The summed E-state index contributed by atoms with van der Waals surface area (Å²) in [5.41, 5.74) is 2.22. The molecule has 1 aromatic carbocycles. The van der Waals surface area contributed by atoms with Crippen molar-refractivity contribution in [3.05, 3.63) is 36.0 Å². The van der Waals surface area contributed by atoms with Gasteiger partial charge in [0.25, 0.3) is 0 Å². The number of benzene rings is 1. The molecule has 25 heavy (non-hydrogen) atoms. The number of nitrogens with zero attached hydrogens (tertiary/aromatic N) is 2. The Hall–Kier alpha value is -1.81. The van der Waals surface area contributed by atoms with Gasteiger partial charge in [-0.15, -0.1) is 0 Å². The number of aromatic nitrogens is 1. The molecular formula is C21H29N3O. The van der Waals surface area contributed by atoms with Gasteiger partial charge in [-0.1, -0.05) is 24.6 Å². The first-order chi connectivity index (χ1) is 12.2. The van der Waals surface area contributed by atoms with Gasteiger partial charge in [-0.2, -0.15) is 0 Å². The van der Waals surface area contributed by atoms with Crippen LogP contribution in [-0.4, -0.2) is 53.4 Å². The molecule has 2 fully saturated rings. The number of hydrogen-bond acceptors (Lipinski definition) is 2. The molecule has 0 aliphatic carbocycles. The van der Waals surface area contributed by atoms with Crippen LogP contribution >= 0.6 is 0 Å². The molecule has 3 heterocycles. The van der Waals surface area contributed by atoms with Gasteiger partial charge in [-0.3, -0.25) is 4.79 Å². The van der Waals surface area contributed by atoms with Gasteiger partial charge in [0, 0.05) is 36.7 Å². The van der Waals surface area contributed by atoms with Crippen molar-refractivity contribution in [2.75, 3.05) is 26.7 Å². The molecule has 2 aliphatic heterocycles. The molecule has 0 spiro atoms. The molecule has 2 atom stereocenters. The van der Waals surface area contributed by atoms with Crippen molar-refractivity contribution < 1.29 is 4.79 Å². The SMILES string of the molecule is CN(C[C@@H]1CCCN2CCCC[C@H]12)C(=O)Cc1c[nH]c2ccccc12. The van der Waals surface area contributed by atoms with E-state index in [0.29, 0.717) is 18.4 Å². The number of nitrogens with one attached hydrogen (secondary N) is 1. The maximum absolute atomic E-state index is 12.8. The van der Waals surface area contributed by atoms with Crippen LogP contribution < -0.4 is 0 Å². The number of piperidine rings is 2. The topological polar surface area (TPSA) is 39.3 Å². The smallest absolute Gasteiger partial charge is 0.226 e. The van der Waals surface area contributed by atoms with Crippen LogP contribution in [0.5, 0.6) is 0 Å². The number of para-hydroxylation sites is 1. The Morgan fingerprint density at radius 2 is 2.04 bits per heavy atom. The van der Waals surface area contributed by atoms with Gasteiger partial charge in [0.2, 0.25) is 5.91 Å². The number of aromatic amines is 1. The van der Waals surface area contributed by atoms with E-state index in [2.05, 4.69) is 22.0 Å². The van der Waals surface area contributed by atoms with Gasteiger partial charge in [0.05, 0.1) is 6.42 Å². The third-order valence-corrected chi connectivity index (χ3v) is 6.18. The molecule has 4 heteroatoms. The number of rotatable bonds is 4. The Morgan fingerprint density at radius 1 is 1.20 bits per heavy atom. The minimum atomic E-state index is 0.234. The summed E-state index contributed by atoms with van der Waals surface area (Å²) < 4.78 is 0. The van der Waals surface area contributed by atoms with Gasteiger partial charge in [0.1, 0.15) is 0 Å². The normalized spacial score (nSPS) is 24.2. The summed E-state index contributed by atoms with van der Waals surface area (Å²) in [6.07, 6.45) is 9.04. The van der Waals surface area contributed by atoms with Gasteiger partial charge in [0.15, 0.2) is 0 Å². The van der Waals surface area contributed by atoms with E-state index in [0.717, 1.165) is 17.6 Å². The molecular weight excluding hydrogens is 310 g/mol. The zero-order valence-corrected chi connectivity index (χ0v) is 15.2. The summed E-state index contributed by atoms with van der Waals surface area (Å²) in [5, 5.41) is 1.17. The van der Waals surface area contributed by atoms with Crippen LogP contribution in [0.2, 0.25) is 0 Å². The standard InChI is InChI=1S/C21H29N3O/c1-23(15-16-7-6-12-24-11-5-4-10-20(16)24)21(25)13-17-14-22-19-9-3-2-8-18(17)19/h2-3,8-9,14,16,20,22H,4-7,10-13,15H2,1H3/t16-,20+/m0/s1. The van der Waals surface area contributed by atoms with Crippen molar-refractivity contribution in [3.8, 4) is 0 Å². The van der Waals surface area contributed by atoms with Gasteiger partial charge >= 0.3 is 0 Å². The van der Waals surface area contributed by atoms with Crippen LogP contribution in [0.1, 0.15) is 37.7 Å². The van der Waals surface area contributed by atoms with Crippen LogP contribution in [0.15, 0.2) is 30.5 Å². The highest BCUT2D eigenvalue weighted by atomic mass is 16.2. The zero-order chi connectivity index (χ0) is 17.2. The van der Waals surface area contributed by atoms with Crippen molar-refractivity contribution >= 4 is 16.8 Å². The van der Waals surface area contributed by atoms with Crippen molar-refractivity contribution in [2.24, 2.45) is 5.92 Å². The van der Waals surface area contributed by atoms with Crippen LogP contribution in [0.25, 0.3) is 10.9 Å². The Balaban J connectivity index is 1.40. The average molecular weight is 339 g/mol. The van der Waals surface area contributed by atoms with E-state index in [1.54, 1.807) is 0 Å². The lowest BCUT2D eigenvalue weighted by atomic mass is 9.83. The maximum atomic E-state index is 12.8. The Bertz CT molecular complexity index is 736. The highest BCUT2D eigenvalue weighted by molar-refractivity contribution is 5.88. The summed E-state index contributed by atoms with van der Waals surface area (Å²) in [6.45, 7) is 3.42. The second-order valence-corrected chi connectivity index (χ2v) is 7.81. The number of carbonyl (C=O) groups is 1. The van der Waals surface area contributed by atoms with Crippen molar-refractivity contribution in [1.82, 2.24) is 14.8 Å². The minimum absolute atomic E-state index is 0.234. The predicted molar refractivity (Wildman–Crippen MR) is 102 cm³/mol. The molecule has 4 rings (SSSR count). The fourth-order valence-corrected chi connectivity index (χ4v) is 4.82. The van der Waals surface area contributed by atoms with Crippen LogP contribution in [-0.2, 0) is 11.2 Å². The minimum Gasteiger partial charge on any atom is -0.361 e. The van der Waals surface area contributed by atoms with Crippen LogP contribution in [0.4, 0.5) is 0 Å². The molecule has 4 nitrogen and oxygen atoms in total. The van der Waals surface area contributed by atoms with E-state index in [1.807, 2.05) is 30.3 Å². The highest BCUT2D eigenvalue weighted by Gasteiger charge is 2.34. The van der Waals surface area contributed by atoms with E-state index in [1.165, 1.54) is 50.6 Å². The van der Waals surface area contributed by atoms with E-state index in [9.17, 15) is 4.79 Å². The summed E-state index contributed by atoms with van der Waals surface area (Å²) in [4.78, 5) is 20.7. The average Bonchev–Trinajstić information content (AvgIpc) is 3.05. The lowest BCUT2D eigenvalue weighted by Gasteiger charge is -2.45. The maximum Gasteiger partial charge on any atom is 0.226 e. The fraction of sp³-hybridized carbons (Fsp3) is 0.571. The molecule has 1 N–H and O–H groups in total. The van der Waals surface area contributed by atoms with E-state index in [-0.39, 0.29) is 5.91 Å². The predicted octanol–water partition coefficient (Wildman–Crippen LogP) is 3.43. The monoisotopic (exact) mass is 339 g/mol. The molecule has 134 valence electrons. The third kappa shape index (κ3) is 3.45. The summed E-state index contributed by atoms with van der Waals surface area (Å²) in [6, 6.07) is 8.91. The van der Waals surface area contributed by atoms with E-state index >= 15 is 0 Å². The first kappa shape index (κ1) is 16.6. The van der Waals surface area contributed by atoms with Crippen molar-refractivity contribution in [1.29, 1.82) is 0 Å². The molecule has 2 aliphatic rings. The third-order valence-electron chi connectivity index (χ3n) is 6.18. The first-order valence-corrected chi connectivity index (χ1v) is 9.75. The van der Waals surface area contributed by atoms with Gasteiger partial charge in [-0.25, -0.2) is 0 Å². The van der Waals surface area contributed by atoms with Crippen LogP contribution in [0, 0.1) is 5.92 Å². The number of hydrogen-bond donors (Lipinski definition) is 1. The molecule has 1 amide bonds. The molecule has 0 radical (unpaired) electrons. The number of amides is 1. The Labute approximate surface area is 150 Å². The van der Waals surface area contributed by atoms with E-state index < -0.39 is 0 Å². The lowest BCUT2D eigenvalue weighted by Crippen LogP contribution is -2.51. The second-order valence-electron chi connectivity index (χ2n) is 7.81. The largest absolute Gasteiger partial charge is 0.361 e. The number of carbonyl (C=O) groups excluding carboxylic acids is 1. The fourth-order valence-electron chi connectivity index (χ4n) is 4.82. The van der Waals surface area contributed by atoms with Crippen LogP contribution in [0.3, 0.4) is 0 Å². The van der Waals surface area contributed by atoms with Crippen molar-refractivity contribution in [3.63, 3.8) is 0 Å². The number of H-pyrrole nitrogens is 1. The first-order valence-electron chi connectivity index (χ1n) is 9.75. The highest BCUT2D eigenvalue weighted by Crippen LogP contribution is 2.31. The Kier molecular flexibility index (Phi) is 4.80. The summed E-state index contributed by atoms with van der Waals surface area (Å²) in [7, 11) is 1.99. The second kappa shape index (κ2) is 7.20. The summed E-state index contributed by atoms with van der Waals surface area (Å²) in [5.74, 6) is 0.878.